The largest absolute Gasteiger partial charge is 0.341 e. The van der Waals surface area contributed by atoms with Crippen LogP contribution < -0.4 is 10.6 Å². The van der Waals surface area contributed by atoms with Crippen LogP contribution in [-0.2, 0) is 0 Å². The number of aromatic nitrogens is 1. The highest BCUT2D eigenvalue weighted by molar-refractivity contribution is 5.88. The zero-order chi connectivity index (χ0) is 9.68. The van der Waals surface area contributed by atoms with E-state index in [2.05, 4.69) is 20.8 Å². The molecule has 1 heterocycles. The Balaban J connectivity index is 2.69. The lowest BCUT2D eigenvalue weighted by Gasteiger charge is -2.02. The van der Waals surface area contributed by atoms with E-state index in [-0.39, 0.29) is 11.8 Å². The third-order valence-electron chi connectivity index (χ3n) is 1.33. The molecule has 0 bridgehead atoms. The number of urea groups is 1. The molecule has 13 heavy (non-hydrogen) atoms. The Bertz CT molecular complexity index is 309. The van der Waals surface area contributed by atoms with Crippen molar-refractivity contribution in [1.29, 1.82) is 0 Å². The van der Waals surface area contributed by atoms with Gasteiger partial charge < -0.3 is 10.6 Å². The van der Waals surface area contributed by atoms with Crippen LogP contribution in [0.4, 0.5) is 16.3 Å². The van der Waals surface area contributed by atoms with Crippen LogP contribution >= 0.6 is 0 Å². The summed E-state index contributed by atoms with van der Waals surface area (Å²) >= 11 is 0. The molecule has 1 aromatic heterocycles. The van der Waals surface area contributed by atoms with Gasteiger partial charge in [0.05, 0.1) is 11.9 Å². The first-order valence-electron chi connectivity index (χ1n) is 3.54. The van der Waals surface area contributed by atoms with Crippen LogP contribution in [0.25, 0.3) is 0 Å². The molecule has 0 spiro atoms. The first kappa shape index (κ1) is 9.11. The number of hydrogen-bond donors (Lipinski definition) is 2. The summed E-state index contributed by atoms with van der Waals surface area (Å²) in [5, 5.41) is 7.49. The van der Waals surface area contributed by atoms with Crippen LogP contribution in [0.15, 0.2) is 23.5 Å². The van der Waals surface area contributed by atoms with Crippen molar-refractivity contribution < 1.29 is 4.79 Å². The van der Waals surface area contributed by atoms with Gasteiger partial charge >= 0.3 is 6.03 Å². The predicted molar refractivity (Wildman–Crippen MR) is 47.8 cm³/mol. The smallest absolute Gasteiger partial charge is 0.319 e. The molecule has 2 N–H and O–H groups in total. The second kappa shape index (κ2) is 4.15. The summed E-state index contributed by atoms with van der Waals surface area (Å²) in [4.78, 5) is 24.4. The average Bonchev–Trinajstić information content (AvgIpc) is 2.19. The van der Waals surface area contributed by atoms with Crippen LogP contribution in [0.1, 0.15) is 0 Å². The highest BCUT2D eigenvalue weighted by Crippen LogP contribution is 2.10. The second-order valence-corrected chi connectivity index (χ2v) is 2.20. The molecule has 6 nitrogen and oxygen atoms in total. The van der Waals surface area contributed by atoms with Crippen LogP contribution in [-0.4, -0.2) is 18.1 Å². The van der Waals surface area contributed by atoms with E-state index >= 15 is 0 Å². The quantitative estimate of drug-likeness (QED) is 0.671. The van der Waals surface area contributed by atoms with Crippen molar-refractivity contribution in [1.82, 2.24) is 10.3 Å². The third kappa shape index (κ3) is 2.51. The fourth-order valence-corrected chi connectivity index (χ4v) is 0.708. The lowest BCUT2D eigenvalue weighted by molar-refractivity contribution is 0.254. The van der Waals surface area contributed by atoms with E-state index in [1.165, 1.54) is 19.3 Å². The number of pyridine rings is 1. The Morgan fingerprint density at radius 1 is 1.54 bits per heavy atom. The topological polar surface area (TPSA) is 83.5 Å². The van der Waals surface area contributed by atoms with Crippen molar-refractivity contribution in [3.8, 4) is 0 Å². The van der Waals surface area contributed by atoms with Gasteiger partial charge in [-0.25, -0.2) is 9.78 Å². The summed E-state index contributed by atoms with van der Waals surface area (Å²) in [6, 6.07) is 2.62. The van der Waals surface area contributed by atoms with E-state index in [0.29, 0.717) is 5.69 Å². The predicted octanol–water partition coefficient (Wildman–Crippen LogP) is 1.23. The summed E-state index contributed by atoms with van der Waals surface area (Å²) in [5.74, 6) is 0.0856. The fourth-order valence-electron chi connectivity index (χ4n) is 0.708. The molecule has 68 valence electrons. The van der Waals surface area contributed by atoms with Crippen molar-refractivity contribution in [2.75, 3.05) is 12.4 Å². The Labute approximate surface area is 74.3 Å². The van der Waals surface area contributed by atoms with Gasteiger partial charge in [-0.1, -0.05) is 0 Å². The Kier molecular flexibility index (Phi) is 2.91. The molecule has 0 atom stereocenters. The van der Waals surface area contributed by atoms with Gasteiger partial charge in [0.2, 0.25) is 0 Å². The van der Waals surface area contributed by atoms with Crippen molar-refractivity contribution in [2.24, 2.45) is 5.18 Å². The Morgan fingerprint density at radius 2 is 2.31 bits per heavy atom. The standard InChI is InChI=1S/C7H8N4O2/c1-8-7(12)10-5-2-3-6(11-13)9-4-5/h2-4H,1H3,(H2,8,10,12). The number of rotatable bonds is 2. The Hall–Kier alpha value is -1.98. The van der Waals surface area contributed by atoms with Gasteiger partial charge in [-0.15, -0.1) is 4.91 Å². The molecule has 0 aliphatic carbocycles. The molecule has 0 aliphatic heterocycles. The van der Waals surface area contributed by atoms with Crippen LogP contribution in [0, 0.1) is 4.91 Å². The molecule has 6 heteroatoms. The first-order valence-corrected chi connectivity index (χ1v) is 3.54. The number of nitrogens with one attached hydrogen (secondary N) is 2. The van der Waals surface area contributed by atoms with Gasteiger partial charge in [0, 0.05) is 7.05 Å². The molecule has 0 unspecified atom stereocenters. The zero-order valence-electron chi connectivity index (χ0n) is 6.94. The van der Waals surface area contributed by atoms with E-state index in [4.69, 9.17) is 0 Å². The van der Waals surface area contributed by atoms with Crippen LogP contribution in [0.3, 0.4) is 0 Å². The lowest BCUT2D eigenvalue weighted by Crippen LogP contribution is -2.24. The summed E-state index contributed by atoms with van der Waals surface area (Å²) in [7, 11) is 1.50. The van der Waals surface area contributed by atoms with Gasteiger partial charge in [0.1, 0.15) is 0 Å². The third-order valence-corrected chi connectivity index (χ3v) is 1.33. The van der Waals surface area contributed by atoms with Gasteiger partial charge in [-0.3, -0.25) is 0 Å². The maximum Gasteiger partial charge on any atom is 0.319 e. The highest BCUT2D eigenvalue weighted by Gasteiger charge is 1.98. The Morgan fingerprint density at radius 3 is 2.77 bits per heavy atom. The van der Waals surface area contributed by atoms with E-state index in [1.807, 2.05) is 0 Å². The molecule has 0 saturated carbocycles. The van der Waals surface area contributed by atoms with Gasteiger partial charge in [-0.05, 0) is 17.3 Å². The molecule has 2 amide bonds. The van der Waals surface area contributed by atoms with E-state index in [0.717, 1.165) is 0 Å². The molecular weight excluding hydrogens is 172 g/mol. The van der Waals surface area contributed by atoms with Gasteiger partial charge in [0.25, 0.3) is 0 Å². The summed E-state index contributed by atoms with van der Waals surface area (Å²) in [6.45, 7) is 0. The number of amides is 2. The van der Waals surface area contributed by atoms with E-state index in [1.54, 1.807) is 6.07 Å². The number of carbonyl (C=O) groups excluding carboxylic acids is 1. The molecular formula is C7H8N4O2. The van der Waals surface area contributed by atoms with E-state index < -0.39 is 0 Å². The molecule has 0 aliphatic rings. The molecule has 1 aromatic rings. The van der Waals surface area contributed by atoms with Crippen LogP contribution in [0.5, 0.6) is 0 Å². The number of anilines is 1. The summed E-state index contributed by atoms with van der Waals surface area (Å²) in [6.07, 6.45) is 1.35. The second-order valence-electron chi connectivity index (χ2n) is 2.20. The molecule has 1 rings (SSSR count). The minimum atomic E-state index is -0.339. The highest BCUT2D eigenvalue weighted by atomic mass is 16.3. The van der Waals surface area contributed by atoms with Crippen molar-refractivity contribution in [3.05, 3.63) is 23.2 Å². The maximum atomic E-state index is 10.8. The number of nitrogens with zero attached hydrogens (tertiary/aromatic N) is 2. The molecule has 0 fully saturated rings. The van der Waals surface area contributed by atoms with Crippen molar-refractivity contribution in [3.63, 3.8) is 0 Å². The number of hydrogen-bond acceptors (Lipinski definition) is 4. The number of carbonyl (C=O) groups is 1. The van der Waals surface area contributed by atoms with Crippen molar-refractivity contribution in [2.45, 2.75) is 0 Å². The normalized spacial score (nSPS) is 9.00. The molecule has 0 radical (unpaired) electrons. The van der Waals surface area contributed by atoms with Gasteiger partial charge in [0.15, 0.2) is 5.82 Å². The van der Waals surface area contributed by atoms with Gasteiger partial charge in [-0.2, -0.15) is 0 Å². The SMILES string of the molecule is CNC(=O)Nc1ccc(N=O)nc1. The minimum absolute atomic E-state index is 0.0856. The first-order chi connectivity index (χ1) is 6.26. The van der Waals surface area contributed by atoms with Crippen LogP contribution in [0.2, 0.25) is 0 Å². The average molecular weight is 180 g/mol. The monoisotopic (exact) mass is 180 g/mol. The molecule has 0 saturated heterocycles. The van der Waals surface area contributed by atoms with E-state index in [9.17, 15) is 9.70 Å². The fraction of sp³-hybridized carbons (Fsp3) is 0.143. The maximum absolute atomic E-state index is 10.8. The van der Waals surface area contributed by atoms with Crippen molar-refractivity contribution >= 4 is 17.5 Å². The number of nitroso groups, excluding NO2 is 1. The minimum Gasteiger partial charge on any atom is -0.341 e. The molecule has 0 aromatic carbocycles. The summed E-state index contributed by atoms with van der Waals surface area (Å²) < 4.78 is 0. The summed E-state index contributed by atoms with van der Waals surface area (Å²) in [5.41, 5.74) is 0.506. The zero-order valence-corrected chi connectivity index (χ0v) is 6.94. The lowest BCUT2D eigenvalue weighted by atomic mass is 10.4.